The fourth-order valence-electron chi connectivity index (χ4n) is 2.95. The van der Waals surface area contributed by atoms with Crippen molar-refractivity contribution in [2.24, 2.45) is 0 Å². The molecular formula is C20H22N6O2. The molecule has 0 radical (unpaired) electrons. The van der Waals surface area contributed by atoms with Crippen LogP contribution in [0, 0.1) is 0 Å². The van der Waals surface area contributed by atoms with Gasteiger partial charge in [0.15, 0.2) is 5.82 Å². The quantitative estimate of drug-likeness (QED) is 0.647. The van der Waals surface area contributed by atoms with E-state index in [1.807, 2.05) is 54.1 Å². The Kier molecular flexibility index (Phi) is 5.27. The molecule has 28 heavy (non-hydrogen) atoms. The molecule has 1 amide bonds. The Bertz CT molecular complexity index is 921. The van der Waals surface area contributed by atoms with E-state index in [1.54, 1.807) is 6.20 Å². The lowest BCUT2D eigenvalue weighted by Gasteiger charge is -2.13. The molecule has 3 aromatic rings. The lowest BCUT2D eigenvalue weighted by atomic mass is 10.1. The van der Waals surface area contributed by atoms with E-state index in [0.29, 0.717) is 18.5 Å². The molecule has 0 bridgehead atoms. The Morgan fingerprint density at radius 3 is 2.79 bits per heavy atom. The summed E-state index contributed by atoms with van der Waals surface area (Å²) >= 11 is 0. The summed E-state index contributed by atoms with van der Waals surface area (Å²) in [6.45, 7) is 2.31. The van der Waals surface area contributed by atoms with Crippen molar-refractivity contribution in [1.29, 1.82) is 0 Å². The molecule has 144 valence electrons. The average molecular weight is 378 g/mol. The maximum Gasteiger partial charge on any atom is 0.224 e. The molecule has 0 spiro atoms. The van der Waals surface area contributed by atoms with Gasteiger partial charge in [-0.2, -0.15) is 0 Å². The third kappa shape index (κ3) is 4.51. The van der Waals surface area contributed by atoms with Crippen molar-refractivity contribution < 1.29 is 9.53 Å². The van der Waals surface area contributed by atoms with E-state index < -0.39 is 0 Å². The molecule has 1 N–H and O–H groups in total. The second-order valence-corrected chi connectivity index (χ2v) is 6.93. The van der Waals surface area contributed by atoms with Gasteiger partial charge in [0, 0.05) is 6.20 Å². The largest absolute Gasteiger partial charge is 0.487 e. The van der Waals surface area contributed by atoms with Crippen LogP contribution in [0.1, 0.15) is 48.9 Å². The predicted molar refractivity (Wildman–Crippen MR) is 101 cm³/mol. The lowest BCUT2D eigenvalue weighted by molar-refractivity contribution is -0.121. The van der Waals surface area contributed by atoms with Gasteiger partial charge in [0.25, 0.3) is 0 Å². The van der Waals surface area contributed by atoms with Crippen LogP contribution in [0.3, 0.4) is 0 Å². The van der Waals surface area contributed by atoms with E-state index in [-0.39, 0.29) is 18.4 Å². The summed E-state index contributed by atoms with van der Waals surface area (Å²) < 4.78 is 7.54. The zero-order valence-electron chi connectivity index (χ0n) is 15.7. The lowest BCUT2D eigenvalue weighted by Crippen LogP contribution is -2.30. The highest BCUT2D eigenvalue weighted by molar-refractivity contribution is 5.78. The fourth-order valence-corrected chi connectivity index (χ4v) is 2.95. The summed E-state index contributed by atoms with van der Waals surface area (Å²) in [7, 11) is 0. The molecule has 8 nitrogen and oxygen atoms in total. The van der Waals surface area contributed by atoms with Crippen molar-refractivity contribution in [3.05, 3.63) is 65.7 Å². The number of amides is 1. The van der Waals surface area contributed by atoms with Crippen LogP contribution in [-0.2, 0) is 17.8 Å². The number of aromatic nitrogens is 5. The topological polar surface area (TPSA) is 94.8 Å². The van der Waals surface area contributed by atoms with Crippen LogP contribution in [0.25, 0.3) is 0 Å². The number of benzene rings is 1. The van der Waals surface area contributed by atoms with Crippen LogP contribution in [-0.4, -0.2) is 31.1 Å². The Balaban J connectivity index is 1.28. The van der Waals surface area contributed by atoms with Crippen molar-refractivity contribution in [2.75, 3.05) is 0 Å². The van der Waals surface area contributed by atoms with E-state index >= 15 is 0 Å². The number of carbonyl (C=O) groups excluding carboxylic acids is 1. The number of tetrazole rings is 1. The van der Waals surface area contributed by atoms with Gasteiger partial charge in [-0.15, -0.1) is 5.10 Å². The number of nitrogens with one attached hydrogen (secondary N) is 1. The molecule has 0 unspecified atom stereocenters. The van der Waals surface area contributed by atoms with Gasteiger partial charge in [-0.1, -0.05) is 18.2 Å². The molecule has 2 aromatic heterocycles. The standard InChI is InChI=1S/C20H22N6O2/c1-14(20-23-24-25-26(20)17-7-8-17)22-19(27)12-15-5-9-18(10-6-15)28-13-16-4-2-3-11-21-16/h2-6,9-11,14,17H,7-8,12-13H2,1H3,(H,22,27)/t14-/m0/s1. The Morgan fingerprint density at radius 1 is 1.25 bits per heavy atom. The van der Waals surface area contributed by atoms with Crippen molar-refractivity contribution in [2.45, 2.75) is 44.9 Å². The smallest absolute Gasteiger partial charge is 0.224 e. The van der Waals surface area contributed by atoms with Gasteiger partial charge in [-0.05, 0) is 60.0 Å². The predicted octanol–water partition coefficient (Wildman–Crippen LogP) is 2.40. The molecule has 4 rings (SSSR count). The zero-order valence-corrected chi connectivity index (χ0v) is 15.7. The van der Waals surface area contributed by atoms with Gasteiger partial charge >= 0.3 is 0 Å². The van der Waals surface area contributed by atoms with E-state index in [9.17, 15) is 4.79 Å². The summed E-state index contributed by atoms with van der Waals surface area (Å²) in [5.41, 5.74) is 1.78. The van der Waals surface area contributed by atoms with E-state index in [2.05, 4.69) is 25.8 Å². The van der Waals surface area contributed by atoms with Crippen molar-refractivity contribution in [1.82, 2.24) is 30.5 Å². The first kappa shape index (κ1) is 18.1. The molecule has 0 aliphatic heterocycles. The molecule has 1 aromatic carbocycles. The van der Waals surface area contributed by atoms with Crippen LogP contribution in [0.2, 0.25) is 0 Å². The van der Waals surface area contributed by atoms with Crippen molar-refractivity contribution in [3.8, 4) is 5.75 Å². The molecule has 1 atom stereocenters. The summed E-state index contributed by atoms with van der Waals surface area (Å²) in [5, 5.41) is 14.8. The minimum Gasteiger partial charge on any atom is -0.487 e. The maximum atomic E-state index is 12.4. The molecule has 8 heteroatoms. The van der Waals surface area contributed by atoms with E-state index in [4.69, 9.17) is 4.74 Å². The van der Waals surface area contributed by atoms with Gasteiger partial charge in [0.2, 0.25) is 5.91 Å². The number of hydrogen-bond acceptors (Lipinski definition) is 6. The number of nitrogens with zero attached hydrogens (tertiary/aromatic N) is 5. The first-order valence-electron chi connectivity index (χ1n) is 9.38. The van der Waals surface area contributed by atoms with Gasteiger partial charge in [-0.3, -0.25) is 9.78 Å². The number of carbonyl (C=O) groups is 1. The third-order valence-corrected chi connectivity index (χ3v) is 4.58. The van der Waals surface area contributed by atoms with Crippen molar-refractivity contribution >= 4 is 5.91 Å². The SMILES string of the molecule is C[C@H](NC(=O)Cc1ccc(OCc2ccccn2)cc1)c1nnnn1C1CC1. The molecule has 1 fully saturated rings. The monoisotopic (exact) mass is 378 g/mol. The second-order valence-electron chi connectivity index (χ2n) is 6.93. The summed E-state index contributed by atoms with van der Waals surface area (Å²) in [5.74, 6) is 1.38. The second kappa shape index (κ2) is 8.16. The Labute approximate surface area is 162 Å². The molecule has 1 aliphatic carbocycles. The zero-order chi connectivity index (χ0) is 19.3. The first-order valence-corrected chi connectivity index (χ1v) is 9.38. The Hall–Kier alpha value is -3.29. The molecule has 2 heterocycles. The normalized spacial score (nSPS) is 14.5. The molecular weight excluding hydrogens is 356 g/mol. The van der Waals surface area contributed by atoms with Gasteiger partial charge < -0.3 is 10.1 Å². The van der Waals surface area contributed by atoms with E-state index in [1.165, 1.54) is 0 Å². The summed E-state index contributed by atoms with van der Waals surface area (Å²) in [6.07, 6.45) is 4.21. The van der Waals surface area contributed by atoms with E-state index in [0.717, 1.165) is 29.8 Å². The Morgan fingerprint density at radius 2 is 2.07 bits per heavy atom. The highest BCUT2D eigenvalue weighted by atomic mass is 16.5. The number of hydrogen-bond donors (Lipinski definition) is 1. The van der Waals surface area contributed by atoms with Crippen LogP contribution < -0.4 is 10.1 Å². The van der Waals surface area contributed by atoms with Gasteiger partial charge in [-0.25, -0.2) is 4.68 Å². The average Bonchev–Trinajstić information content (AvgIpc) is 3.44. The van der Waals surface area contributed by atoms with Crippen LogP contribution in [0.15, 0.2) is 48.7 Å². The first-order chi connectivity index (χ1) is 13.7. The summed E-state index contributed by atoms with van der Waals surface area (Å²) in [6, 6.07) is 13.4. The van der Waals surface area contributed by atoms with Crippen LogP contribution in [0.4, 0.5) is 0 Å². The molecule has 1 aliphatic rings. The van der Waals surface area contributed by atoms with Crippen LogP contribution >= 0.6 is 0 Å². The minimum absolute atomic E-state index is 0.0694. The maximum absolute atomic E-state index is 12.4. The van der Waals surface area contributed by atoms with Gasteiger partial charge in [0.1, 0.15) is 12.4 Å². The number of ether oxygens (including phenoxy) is 1. The van der Waals surface area contributed by atoms with Crippen molar-refractivity contribution in [3.63, 3.8) is 0 Å². The highest BCUT2D eigenvalue weighted by Gasteiger charge is 2.29. The van der Waals surface area contributed by atoms with Gasteiger partial charge in [0.05, 0.1) is 24.2 Å². The highest BCUT2D eigenvalue weighted by Crippen LogP contribution is 2.35. The third-order valence-electron chi connectivity index (χ3n) is 4.58. The number of pyridine rings is 1. The molecule has 0 saturated heterocycles. The number of rotatable bonds is 8. The van der Waals surface area contributed by atoms with Crippen LogP contribution in [0.5, 0.6) is 5.75 Å². The summed E-state index contributed by atoms with van der Waals surface area (Å²) in [4.78, 5) is 16.6. The fraction of sp³-hybridized carbons (Fsp3) is 0.350. The minimum atomic E-state index is -0.232. The molecule has 1 saturated carbocycles.